The van der Waals surface area contributed by atoms with E-state index in [2.05, 4.69) is 22.5 Å². The highest BCUT2D eigenvalue weighted by Gasteiger charge is 2.30. The molecule has 1 aromatic heterocycles. The number of hydrogen-bond acceptors (Lipinski definition) is 4. The smallest absolute Gasteiger partial charge is 0.256 e. The lowest BCUT2D eigenvalue weighted by Crippen LogP contribution is -2.30. The molecule has 2 aromatic rings. The fourth-order valence-corrected chi connectivity index (χ4v) is 2.80. The van der Waals surface area contributed by atoms with Crippen LogP contribution in [0.4, 0.5) is 5.82 Å². The van der Waals surface area contributed by atoms with Gasteiger partial charge in [0.05, 0.1) is 12.3 Å². The minimum absolute atomic E-state index is 0.0349. The first-order valence-electron chi connectivity index (χ1n) is 7.39. The van der Waals surface area contributed by atoms with E-state index in [1.54, 1.807) is 7.05 Å². The van der Waals surface area contributed by atoms with Crippen LogP contribution in [0.15, 0.2) is 36.5 Å². The van der Waals surface area contributed by atoms with Crippen molar-refractivity contribution >= 4 is 11.7 Å². The van der Waals surface area contributed by atoms with Crippen molar-refractivity contribution in [3.8, 4) is 0 Å². The first kappa shape index (κ1) is 14.6. The molecule has 0 saturated carbocycles. The van der Waals surface area contributed by atoms with Crippen molar-refractivity contribution < 1.29 is 9.53 Å². The van der Waals surface area contributed by atoms with Gasteiger partial charge in [0.2, 0.25) is 0 Å². The van der Waals surface area contributed by atoms with Crippen LogP contribution in [0.5, 0.6) is 0 Å². The van der Waals surface area contributed by atoms with Gasteiger partial charge in [-0.2, -0.15) is 5.10 Å². The van der Waals surface area contributed by atoms with Crippen LogP contribution in [0.3, 0.4) is 0 Å². The Morgan fingerprint density at radius 2 is 2.23 bits per heavy atom. The molecule has 0 spiro atoms. The number of amides is 1. The van der Waals surface area contributed by atoms with Gasteiger partial charge in [0.25, 0.3) is 5.91 Å². The second-order valence-corrected chi connectivity index (χ2v) is 5.53. The third kappa shape index (κ3) is 2.82. The van der Waals surface area contributed by atoms with Crippen molar-refractivity contribution in [2.75, 3.05) is 18.9 Å². The Morgan fingerprint density at radius 1 is 1.45 bits per heavy atom. The molecule has 6 heteroatoms. The molecule has 2 heterocycles. The topological polar surface area (TPSA) is 82.2 Å². The first-order valence-corrected chi connectivity index (χ1v) is 7.39. The molecule has 1 amide bonds. The van der Waals surface area contributed by atoms with Gasteiger partial charge in [-0.25, -0.2) is 0 Å². The zero-order chi connectivity index (χ0) is 15.5. The highest BCUT2D eigenvalue weighted by Crippen LogP contribution is 2.33. The Kier molecular flexibility index (Phi) is 4.11. The number of nitrogens with one attached hydrogen (secondary N) is 1. The average molecular weight is 300 g/mol. The number of ether oxygens (including phenoxy) is 1. The third-order valence-corrected chi connectivity index (χ3v) is 4.10. The average Bonchev–Trinajstić information content (AvgIpc) is 3.14. The maximum atomic E-state index is 12.2. The van der Waals surface area contributed by atoms with Crippen molar-refractivity contribution in [3.63, 3.8) is 0 Å². The number of anilines is 1. The normalized spacial score (nSPS) is 21.0. The molecule has 0 aliphatic carbocycles. The Bertz CT molecular complexity index is 653. The third-order valence-electron chi connectivity index (χ3n) is 4.10. The van der Waals surface area contributed by atoms with Gasteiger partial charge >= 0.3 is 0 Å². The number of benzene rings is 1. The molecular weight excluding hydrogens is 280 g/mol. The summed E-state index contributed by atoms with van der Waals surface area (Å²) in [4.78, 5) is 12.2. The van der Waals surface area contributed by atoms with E-state index in [0.717, 1.165) is 18.6 Å². The molecule has 1 aromatic carbocycles. The summed E-state index contributed by atoms with van der Waals surface area (Å²) >= 11 is 0. The van der Waals surface area contributed by atoms with Gasteiger partial charge in [0.1, 0.15) is 11.4 Å². The summed E-state index contributed by atoms with van der Waals surface area (Å²) in [5.41, 5.74) is 7.39. The van der Waals surface area contributed by atoms with E-state index < -0.39 is 0 Å². The lowest BCUT2D eigenvalue weighted by molar-refractivity contribution is 0.0846. The van der Waals surface area contributed by atoms with E-state index in [0.29, 0.717) is 17.9 Å². The monoisotopic (exact) mass is 300 g/mol. The van der Waals surface area contributed by atoms with Gasteiger partial charge < -0.3 is 15.8 Å². The van der Waals surface area contributed by atoms with Gasteiger partial charge in [0.15, 0.2) is 0 Å². The zero-order valence-electron chi connectivity index (χ0n) is 12.5. The van der Waals surface area contributed by atoms with E-state index in [-0.39, 0.29) is 17.9 Å². The Labute approximate surface area is 129 Å². The molecule has 1 aliphatic rings. The van der Waals surface area contributed by atoms with Crippen molar-refractivity contribution in [2.24, 2.45) is 13.0 Å². The summed E-state index contributed by atoms with van der Waals surface area (Å²) in [6, 6.07) is 10.1. The number of rotatable bonds is 4. The fourth-order valence-electron chi connectivity index (χ4n) is 2.80. The molecule has 1 aliphatic heterocycles. The first-order chi connectivity index (χ1) is 10.7. The summed E-state index contributed by atoms with van der Waals surface area (Å²) in [6.07, 6.45) is 2.46. The van der Waals surface area contributed by atoms with E-state index in [4.69, 9.17) is 10.5 Å². The molecule has 0 unspecified atom stereocenters. The molecule has 0 radical (unpaired) electrons. The standard InChI is InChI=1S/C16H20N4O2/c1-20-15(17)13(10-19-20)16(21)18-9-12-7-8-22-14(12)11-5-3-2-4-6-11/h2-6,10,12,14H,7-9,17H2,1H3,(H,18,21)/t12-,14-/m0/s1. The van der Waals surface area contributed by atoms with Crippen molar-refractivity contribution in [3.05, 3.63) is 47.7 Å². The van der Waals surface area contributed by atoms with Gasteiger partial charge in [-0.1, -0.05) is 30.3 Å². The fraction of sp³-hybridized carbons (Fsp3) is 0.375. The van der Waals surface area contributed by atoms with E-state index in [9.17, 15) is 4.79 Å². The van der Waals surface area contributed by atoms with Crippen molar-refractivity contribution in [1.29, 1.82) is 0 Å². The molecule has 22 heavy (non-hydrogen) atoms. The quantitative estimate of drug-likeness (QED) is 0.896. The zero-order valence-corrected chi connectivity index (χ0v) is 12.5. The van der Waals surface area contributed by atoms with Crippen LogP contribution in [-0.4, -0.2) is 28.8 Å². The summed E-state index contributed by atoms with van der Waals surface area (Å²) in [7, 11) is 1.71. The number of nitrogens with two attached hydrogens (primary N) is 1. The second kappa shape index (κ2) is 6.19. The molecule has 2 atom stereocenters. The Balaban J connectivity index is 1.63. The maximum absolute atomic E-state index is 12.2. The number of carbonyl (C=O) groups is 1. The summed E-state index contributed by atoms with van der Waals surface area (Å²) < 4.78 is 7.31. The van der Waals surface area contributed by atoms with Crippen LogP contribution < -0.4 is 11.1 Å². The molecule has 0 bridgehead atoms. The molecular formula is C16H20N4O2. The second-order valence-electron chi connectivity index (χ2n) is 5.53. The Morgan fingerprint density at radius 3 is 2.91 bits per heavy atom. The Hall–Kier alpha value is -2.34. The van der Waals surface area contributed by atoms with Crippen LogP contribution in [0.25, 0.3) is 0 Å². The number of hydrogen-bond donors (Lipinski definition) is 2. The van der Waals surface area contributed by atoms with E-state index in [1.165, 1.54) is 10.9 Å². The maximum Gasteiger partial charge on any atom is 0.256 e. The lowest BCUT2D eigenvalue weighted by Gasteiger charge is -2.19. The highest BCUT2D eigenvalue weighted by atomic mass is 16.5. The van der Waals surface area contributed by atoms with E-state index >= 15 is 0 Å². The minimum Gasteiger partial charge on any atom is -0.383 e. The predicted molar refractivity (Wildman–Crippen MR) is 83.2 cm³/mol. The van der Waals surface area contributed by atoms with Gasteiger partial charge in [-0.3, -0.25) is 9.48 Å². The molecule has 116 valence electrons. The minimum atomic E-state index is -0.190. The molecule has 6 nitrogen and oxygen atoms in total. The van der Waals surface area contributed by atoms with Gasteiger partial charge in [-0.05, 0) is 12.0 Å². The number of aromatic nitrogens is 2. The summed E-state index contributed by atoms with van der Waals surface area (Å²) in [6.45, 7) is 1.28. The number of aryl methyl sites for hydroxylation is 1. The summed E-state index contributed by atoms with van der Waals surface area (Å²) in [5, 5.41) is 6.93. The molecule has 1 saturated heterocycles. The molecule has 3 N–H and O–H groups in total. The van der Waals surface area contributed by atoms with Crippen molar-refractivity contribution in [2.45, 2.75) is 12.5 Å². The van der Waals surface area contributed by atoms with Crippen molar-refractivity contribution in [1.82, 2.24) is 15.1 Å². The van der Waals surface area contributed by atoms with Gasteiger partial charge in [0, 0.05) is 26.1 Å². The SMILES string of the molecule is Cn1ncc(C(=O)NC[C@@H]2CCO[C@H]2c2ccccc2)c1N. The van der Waals surface area contributed by atoms with Crippen LogP contribution in [0, 0.1) is 5.92 Å². The summed E-state index contributed by atoms with van der Waals surface area (Å²) in [5.74, 6) is 0.452. The highest BCUT2D eigenvalue weighted by molar-refractivity contribution is 5.98. The predicted octanol–water partition coefficient (Wildman–Crippen LogP) is 1.51. The largest absolute Gasteiger partial charge is 0.383 e. The van der Waals surface area contributed by atoms with Crippen LogP contribution in [0.2, 0.25) is 0 Å². The lowest BCUT2D eigenvalue weighted by atomic mass is 9.95. The number of carbonyl (C=O) groups excluding carboxylic acids is 1. The van der Waals surface area contributed by atoms with Crippen LogP contribution in [0.1, 0.15) is 28.4 Å². The van der Waals surface area contributed by atoms with Gasteiger partial charge in [-0.15, -0.1) is 0 Å². The number of nitrogens with zero attached hydrogens (tertiary/aromatic N) is 2. The molecule has 1 fully saturated rings. The van der Waals surface area contributed by atoms with E-state index in [1.807, 2.05) is 18.2 Å². The van der Waals surface area contributed by atoms with Crippen LogP contribution in [-0.2, 0) is 11.8 Å². The van der Waals surface area contributed by atoms with Crippen LogP contribution >= 0.6 is 0 Å². The number of nitrogen functional groups attached to an aromatic ring is 1. The molecule has 3 rings (SSSR count).